The molecule has 0 aliphatic carbocycles. The average molecular weight is 122 g/mol. The van der Waals surface area contributed by atoms with Crippen LogP contribution in [0.4, 0.5) is 0 Å². The van der Waals surface area contributed by atoms with Crippen LogP contribution in [0.2, 0.25) is 0 Å². The molecule has 0 radical (unpaired) electrons. The Morgan fingerprint density at radius 1 is 1.60 bits per heavy atom. The molecule has 2 heteroatoms. The van der Waals surface area contributed by atoms with E-state index in [0.717, 1.165) is 6.42 Å². The summed E-state index contributed by atoms with van der Waals surface area (Å²) < 4.78 is 0. The van der Waals surface area contributed by atoms with E-state index in [-0.39, 0.29) is 17.1 Å². The molecular weight excluding hydrogens is 114 g/mol. The van der Waals surface area contributed by atoms with Crippen LogP contribution in [0.5, 0.6) is 0 Å². The average Bonchev–Trinajstić information content (AvgIpc) is 1.37. The van der Waals surface area contributed by atoms with Crippen molar-refractivity contribution in [2.45, 2.75) is 6.42 Å². The van der Waals surface area contributed by atoms with Crippen LogP contribution in [0.25, 0.3) is 0 Å². The number of nitrogens with two attached hydrogens (primary N) is 1. The van der Waals surface area contributed by atoms with Gasteiger partial charge in [0.2, 0.25) is 0 Å². The summed E-state index contributed by atoms with van der Waals surface area (Å²) in [5.74, 6) is 0. The Kier molecular flexibility index (Phi) is 16.0. The SMILES string of the molecule is [CH2-]CCN.[Cu+]. The molecular formula is C3H8CuN. The molecule has 2 N–H and O–H groups in total. The molecule has 0 aromatic rings. The minimum Gasteiger partial charge on any atom is -0.342 e. The Balaban J connectivity index is 0. The third kappa shape index (κ3) is 12.6. The quantitative estimate of drug-likeness (QED) is 0.389. The predicted molar refractivity (Wildman–Crippen MR) is 19.0 cm³/mol. The molecule has 0 heterocycles. The van der Waals surface area contributed by atoms with Gasteiger partial charge in [-0.15, -0.1) is 0 Å². The molecule has 0 aromatic carbocycles. The zero-order chi connectivity index (χ0) is 3.41. The molecule has 0 aliphatic rings. The van der Waals surface area contributed by atoms with Crippen LogP contribution >= 0.6 is 0 Å². The number of hydrogen-bond donors (Lipinski definition) is 1. The molecule has 0 fully saturated rings. The topological polar surface area (TPSA) is 26.0 Å². The van der Waals surface area contributed by atoms with Crippen LogP contribution in [0.15, 0.2) is 0 Å². The Hall–Kier alpha value is 0.479. The van der Waals surface area contributed by atoms with Gasteiger partial charge in [0, 0.05) is 0 Å². The molecule has 0 saturated carbocycles. The summed E-state index contributed by atoms with van der Waals surface area (Å²) in [5, 5.41) is 0. The summed E-state index contributed by atoms with van der Waals surface area (Å²) in [6.45, 7) is 4.19. The summed E-state index contributed by atoms with van der Waals surface area (Å²) in [5.41, 5.74) is 4.97. The second kappa shape index (κ2) is 8.82. The minimum absolute atomic E-state index is 0. The minimum atomic E-state index is 0. The van der Waals surface area contributed by atoms with Crippen molar-refractivity contribution < 1.29 is 17.1 Å². The molecule has 0 aliphatic heterocycles. The van der Waals surface area contributed by atoms with E-state index >= 15 is 0 Å². The zero-order valence-corrected chi connectivity index (χ0v) is 3.94. The van der Waals surface area contributed by atoms with Gasteiger partial charge >= 0.3 is 17.1 Å². The molecule has 0 spiro atoms. The monoisotopic (exact) mass is 121 g/mol. The standard InChI is InChI=1S/C3H8N.Cu/c1-2-3-4;/h1-4H2;/q-1;+1. The van der Waals surface area contributed by atoms with Crippen molar-refractivity contribution in [2.24, 2.45) is 5.73 Å². The molecule has 0 saturated heterocycles. The van der Waals surface area contributed by atoms with Crippen LogP contribution in [-0.4, -0.2) is 6.54 Å². The molecule has 0 rings (SSSR count). The van der Waals surface area contributed by atoms with Gasteiger partial charge in [-0.25, -0.2) is 0 Å². The zero-order valence-electron chi connectivity index (χ0n) is 3.00. The van der Waals surface area contributed by atoms with Crippen molar-refractivity contribution in [1.29, 1.82) is 0 Å². The van der Waals surface area contributed by atoms with Gasteiger partial charge in [-0.2, -0.15) is 6.42 Å². The molecule has 0 bridgehead atoms. The third-order valence-electron chi connectivity index (χ3n) is 0.204. The summed E-state index contributed by atoms with van der Waals surface area (Å²) in [6.07, 6.45) is 0.847. The first kappa shape index (κ1) is 9.08. The molecule has 5 heavy (non-hydrogen) atoms. The molecule has 0 unspecified atom stereocenters. The predicted octanol–water partition coefficient (Wildman–Crippen LogP) is 0.167. The van der Waals surface area contributed by atoms with Gasteiger partial charge in [0.05, 0.1) is 0 Å². The summed E-state index contributed by atoms with van der Waals surface area (Å²) >= 11 is 0. The van der Waals surface area contributed by atoms with E-state index in [4.69, 9.17) is 5.73 Å². The van der Waals surface area contributed by atoms with E-state index in [2.05, 4.69) is 6.92 Å². The molecule has 0 aromatic heterocycles. The number of hydrogen-bond acceptors (Lipinski definition) is 1. The van der Waals surface area contributed by atoms with Gasteiger partial charge in [0.25, 0.3) is 0 Å². The van der Waals surface area contributed by atoms with E-state index in [0.29, 0.717) is 6.54 Å². The first-order valence-corrected chi connectivity index (χ1v) is 1.41. The van der Waals surface area contributed by atoms with Crippen LogP contribution in [0.3, 0.4) is 0 Å². The second-order valence-corrected chi connectivity index (χ2v) is 0.642. The molecule has 0 amide bonds. The summed E-state index contributed by atoms with van der Waals surface area (Å²) in [7, 11) is 0. The Morgan fingerprint density at radius 3 is 1.80 bits per heavy atom. The van der Waals surface area contributed by atoms with E-state index < -0.39 is 0 Å². The first-order valence-electron chi connectivity index (χ1n) is 1.41. The fourth-order valence-electron chi connectivity index (χ4n) is 0. The van der Waals surface area contributed by atoms with Gasteiger partial charge in [-0.05, 0) is 6.54 Å². The van der Waals surface area contributed by atoms with Crippen molar-refractivity contribution in [3.05, 3.63) is 6.92 Å². The van der Waals surface area contributed by atoms with Crippen LogP contribution in [0.1, 0.15) is 6.42 Å². The van der Waals surface area contributed by atoms with Gasteiger partial charge < -0.3 is 12.7 Å². The van der Waals surface area contributed by atoms with Gasteiger partial charge in [-0.3, -0.25) is 0 Å². The van der Waals surface area contributed by atoms with Crippen molar-refractivity contribution in [1.82, 2.24) is 0 Å². The fraction of sp³-hybridized carbons (Fsp3) is 0.667. The Morgan fingerprint density at radius 2 is 1.80 bits per heavy atom. The maximum absolute atomic E-state index is 4.97. The van der Waals surface area contributed by atoms with Crippen molar-refractivity contribution in [3.8, 4) is 0 Å². The number of rotatable bonds is 1. The van der Waals surface area contributed by atoms with Gasteiger partial charge in [0.15, 0.2) is 0 Å². The Bertz CT molecular complexity index is 8.85. The normalized spacial score (nSPS) is 6.00. The third-order valence-corrected chi connectivity index (χ3v) is 0.204. The van der Waals surface area contributed by atoms with Crippen molar-refractivity contribution in [2.75, 3.05) is 6.54 Å². The Labute approximate surface area is 43.4 Å². The van der Waals surface area contributed by atoms with E-state index in [1.807, 2.05) is 0 Å². The summed E-state index contributed by atoms with van der Waals surface area (Å²) in [4.78, 5) is 0. The maximum atomic E-state index is 4.97. The van der Waals surface area contributed by atoms with Crippen molar-refractivity contribution in [3.63, 3.8) is 0 Å². The smallest absolute Gasteiger partial charge is 0.342 e. The first-order chi connectivity index (χ1) is 1.91. The van der Waals surface area contributed by atoms with E-state index in [1.54, 1.807) is 0 Å². The van der Waals surface area contributed by atoms with E-state index in [9.17, 15) is 0 Å². The molecule has 36 valence electrons. The second-order valence-electron chi connectivity index (χ2n) is 0.642. The van der Waals surface area contributed by atoms with Crippen LogP contribution in [-0.2, 0) is 17.1 Å². The summed E-state index contributed by atoms with van der Waals surface area (Å²) in [6, 6.07) is 0. The maximum Gasteiger partial charge on any atom is 1.00 e. The van der Waals surface area contributed by atoms with Crippen LogP contribution in [0, 0.1) is 6.92 Å². The molecule has 0 atom stereocenters. The van der Waals surface area contributed by atoms with Gasteiger partial charge in [-0.1, -0.05) is 0 Å². The molecule has 1 nitrogen and oxygen atoms in total. The van der Waals surface area contributed by atoms with E-state index in [1.165, 1.54) is 0 Å². The fourth-order valence-corrected chi connectivity index (χ4v) is 0. The van der Waals surface area contributed by atoms with Crippen LogP contribution < -0.4 is 5.73 Å². The largest absolute Gasteiger partial charge is 1.00 e. The van der Waals surface area contributed by atoms with Crippen molar-refractivity contribution >= 4 is 0 Å². The van der Waals surface area contributed by atoms with Gasteiger partial charge in [0.1, 0.15) is 0 Å².